The summed E-state index contributed by atoms with van der Waals surface area (Å²) in [5.41, 5.74) is 0.526. The van der Waals surface area contributed by atoms with Gasteiger partial charge in [0.25, 0.3) is 0 Å². The molecule has 2 heteroatoms. The van der Waals surface area contributed by atoms with E-state index in [2.05, 4.69) is 6.58 Å². The summed E-state index contributed by atoms with van der Waals surface area (Å²) in [6, 6.07) is 0. The molecular weight excluding hydrogens is 200 g/mol. The molecule has 0 aromatic carbocycles. The average Bonchev–Trinajstić information content (AvgIpc) is 2.29. The van der Waals surface area contributed by atoms with E-state index in [9.17, 15) is 4.79 Å². The van der Waals surface area contributed by atoms with Crippen molar-refractivity contribution < 1.29 is 9.53 Å². The summed E-state index contributed by atoms with van der Waals surface area (Å²) in [6.45, 7) is 5.38. The van der Waals surface area contributed by atoms with Gasteiger partial charge in [-0.25, -0.2) is 4.79 Å². The molecule has 2 saturated carbocycles. The first kappa shape index (κ1) is 11.7. The molecule has 3 unspecified atom stereocenters. The van der Waals surface area contributed by atoms with Crippen LogP contribution in [0.4, 0.5) is 0 Å². The third-order valence-electron chi connectivity index (χ3n) is 4.12. The zero-order valence-electron chi connectivity index (χ0n) is 10.2. The monoisotopic (exact) mass is 222 g/mol. The Morgan fingerprint density at radius 2 is 1.81 bits per heavy atom. The predicted molar refractivity (Wildman–Crippen MR) is 64.0 cm³/mol. The highest BCUT2D eigenvalue weighted by Crippen LogP contribution is 2.41. The Morgan fingerprint density at radius 1 is 1.12 bits per heavy atom. The van der Waals surface area contributed by atoms with Gasteiger partial charge in [0.1, 0.15) is 6.10 Å². The second-order valence-corrected chi connectivity index (χ2v) is 5.36. The summed E-state index contributed by atoms with van der Waals surface area (Å²) >= 11 is 0. The number of hydrogen-bond acceptors (Lipinski definition) is 2. The lowest BCUT2D eigenvalue weighted by molar-refractivity contribution is -0.151. The van der Waals surface area contributed by atoms with Gasteiger partial charge in [-0.05, 0) is 44.4 Å². The molecule has 2 aliphatic rings. The van der Waals surface area contributed by atoms with Gasteiger partial charge in [-0.1, -0.05) is 25.8 Å². The number of rotatable bonds is 2. The average molecular weight is 222 g/mol. The lowest BCUT2D eigenvalue weighted by Gasteiger charge is -2.40. The first-order chi connectivity index (χ1) is 7.68. The second-order valence-electron chi connectivity index (χ2n) is 5.36. The second kappa shape index (κ2) is 5.03. The molecule has 0 aliphatic heterocycles. The van der Waals surface area contributed by atoms with Crippen molar-refractivity contribution in [1.29, 1.82) is 0 Å². The molecule has 0 aromatic heterocycles. The van der Waals surface area contributed by atoms with Crippen LogP contribution in [0.25, 0.3) is 0 Å². The van der Waals surface area contributed by atoms with Crippen LogP contribution >= 0.6 is 0 Å². The highest BCUT2D eigenvalue weighted by atomic mass is 16.5. The highest BCUT2D eigenvalue weighted by Gasteiger charge is 2.36. The Labute approximate surface area is 98.1 Å². The highest BCUT2D eigenvalue weighted by molar-refractivity contribution is 5.87. The van der Waals surface area contributed by atoms with Crippen molar-refractivity contribution >= 4 is 5.97 Å². The van der Waals surface area contributed by atoms with E-state index in [0.29, 0.717) is 11.5 Å². The maximum atomic E-state index is 11.6. The van der Waals surface area contributed by atoms with Gasteiger partial charge in [0.15, 0.2) is 0 Å². The van der Waals surface area contributed by atoms with Crippen LogP contribution in [0.2, 0.25) is 0 Å². The molecule has 0 heterocycles. The fourth-order valence-corrected chi connectivity index (χ4v) is 3.26. The smallest absolute Gasteiger partial charge is 0.333 e. The molecule has 0 bridgehead atoms. The minimum atomic E-state index is -0.198. The molecule has 90 valence electrons. The molecule has 2 rings (SSSR count). The van der Waals surface area contributed by atoms with Crippen LogP contribution in [0.15, 0.2) is 12.2 Å². The fraction of sp³-hybridized carbons (Fsp3) is 0.786. The minimum Gasteiger partial charge on any atom is -0.459 e. The van der Waals surface area contributed by atoms with Crippen molar-refractivity contribution in [1.82, 2.24) is 0 Å². The normalized spacial score (nSPS) is 33.9. The third-order valence-corrected chi connectivity index (χ3v) is 4.12. The summed E-state index contributed by atoms with van der Waals surface area (Å²) in [5.74, 6) is 1.24. The van der Waals surface area contributed by atoms with Crippen LogP contribution in [0.3, 0.4) is 0 Å². The molecule has 0 N–H and O–H groups in total. The lowest BCUT2D eigenvalue weighted by Crippen LogP contribution is -2.37. The molecule has 2 fully saturated rings. The molecule has 0 spiro atoms. The Morgan fingerprint density at radius 3 is 2.56 bits per heavy atom. The molecular formula is C14H22O2. The zero-order valence-corrected chi connectivity index (χ0v) is 10.2. The summed E-state index contributed by atoms with van der Waals surface area (Å²) in [5, 5.41) is 0. The van der Waals surface area contributed by atoms with E-state index in [4.69, 9.17) is 4.74 Å². The number of carbonyl (C=O) groups is 1. The number of hydrogen-bond donors (Lipinski definition) is 0. The van der Waals surface area contributed by atoms with Gasteiger partial charge < -0.3 is 4.74 Å². The first-order valence-electron chi connectivity index (χ1n) is 6.55. The maximum Gasteiger partial charge on any atom is 0.333 e. The molecule has 0 aromatic rings. The van der Waals surface area contributed by atoms with Crippen molar-refractivity contribution in [3.63, 3.8) is 0 Å². The molecule has 2 nitrogen and oxygen atoms in total. The number of esters is 1. The largest absolute Gasteiger partial charge is 0.459 e. The fourth-order valence-electron chi connectivity index (χ4n) is 3.26. The van der Waals surface area contributed by atoms with E-state index >= 15 is 0 Å². The molecule has 0 radical (unpaired) electrons. The summed E-state index contributed by atoms with van der Waals surface area (Å²) in [6.07, 6.45) is 9.04. The molecule has 0 amide bonds. The first-order valence-corrected chi connectivity index (χ1v) is 6.55. The maximum absolute atomic E-state index is 11.6. The van der Waals surface area contributed by atoms with E-state index < -0.39 is 0 Å². The Hall–Kier alpha value is -0.790. The van der Waals surface area contributed by atoms with Crippen molar-refractivity contribution in [2.24, 2.45) is 11.8 Å². The van der Waals surface area contributed by atoms with Crippen molar-refractivity contribution in [3.8, 4) is 0 Å². The van der Waals surface area contributed by atoms with Gasteiger partial charge in [0.2, 0.25) is 0 Å². The van der Waals surface area contributed by atoms with Gasteiger partial charge in [0.05, 0.1) is 0 Å². The van der Waals surface area contributed by atoms with Crippen LogP contribution in [0.1, 0.15) is 51.9 Å². The van der Waals surface area contributed by atoms with Crippen LogP contribution in [0, 0.1) is 11.8 Å². The third kappa shape index (κ3) is 2.47. The Bertz CT molecular complexity index is 280. The van der Waals surface area contributed by atoms with Gasteiger partial charge in [-0.15, -0.1) is 0 Å². The van der Waals surface area contributed by atoms with Gasteiger partial charge in [0, 0.05) is 5.57 Å². The van der Waals surface area contributed by atoms with Crippen LogP contribution in [-0.2, 0) is 9.53 Å². The van der Waals surface area contributed by atoms with Crippen LogP contribution in [0.5, 0.6) is 0 Å². The van der Waals surface area contributed by atoms with E-state index in [1.807, 2.05) is 0 Å². The molecule has 2 aliphatic carbocycles. The molecule has 0 saturated heterocycles. The molecule has 16 heavy (non-hydrogen) atoms. The number of carbonyl (C=O) groups excluding carboxylic acids is 1. The van der Waals surface area contributed by atoms with Gasteiger partial charge >= 0.3 is 5.97 Å². The van der Waals surface area contributed by atoms with E-state index in [1.54, 1.807) is 6.92 Å². The standard InChI is InChI=1S/C14H22O2/c1-10(2)14(15)16-13-9-5-7-11-6-3-4-8-12(11)13/h11-13H,1,3-9H2,2H3. The van der Waals surface area contributed by atoms with E-state index in [1.165, 1.54) is 38.5 Å². The topological polar surface area (TPSA) is 26.3 Å². The van der Waals surface area contributed by atoms with Crippen molar-refractivity contribution in [2.75, 3.05) is 0 Å². The SMILES string of the molecule is C=C(C)C(=O)OC1CCCC2CCCCC21. The lowest BCUT2D eigenvalue weighted by atomic mass is 9.69. The van der Waals surface area contributed by atoms with Crippen LogP contribution in [-0.4, -0.2) is 12.1 Å². The van der Waals surface area contributed by atoms with E-state index in [-0.39, 0.29) is 12.1 Å². The Balaban J connectivity index is 1.97. The number of ether oxygens (including phenoxy) is 1. The summed E-state index contributed by atoms with van der Waals surface area (Å²) in [7, 11) is 0. The quantitative estimate of drug-likeness (QED) is 0.528. The van der Waals surface area contributed by atoms with Crippen LogP contribution < -0.4 is 0 Å². The molecule has 3 atom stereocenters. The van der Waals surface area contributed by atoms with Crippen molar-refractivity contribution in [2.45, 2.75) is 58.0 Å². The van der Waals surface area contributed by atoms with Gasteiger partial charge in [-0.3, -0.25) is 0 Å². The van der Waals surface area contributed by atoms with Crippen molar-refractivity contribution in [3.05, 3.63) is 12.2 Å². The zero-order chi connectivity index (χ0) is 11.5. The summed E-state index contributed by atoms with van der Waals surface area (Å²) in [4.78, 5) is 11.6. The predicted octanol–water partition coefficient (Wildman–Crippen LogP) is 3.46. The summed E-state index contributed by atoms with van der Waals surface area (Å²) < 4.78 is 5.58. The van der Waals surface area contributed by atoms with E-state index in [0.717, 1.165) is 12.3 Å². The van der Waals surface area contributed by atoms with Gasteiger partial charge in [-0.2, -0.15) is 0 Å². The number of fused-ring (bicyclic) bond motifs is 1. The Kier molecular flexibility index (Phi) is 3.67. The minimum absolute atomic E-state index is 0.170.